The third-order valence-electron chi connectivity index (χ3n) is 4.27. The van der Waals surface area contributed by atoms with Gasteiger partial charge >= 0.3 is 0 Å². The van der Waals surface area contributed by atoms with Crippen LogP contribution in [0, 0.1) is 0 Å². The lowest BCUT2D eigenvalue weighted by molar-refractivity contribution is 0.306. The van der Waals surface area contributed by atoms with Gasteiger partial charge in [-0.3, -0.25) is 0 Å². The Morgan fingerprint density at radius 3 is 2.30 bits per heavy atom. The van der Waals surface area contributed by atoms with Crippen molar-refractivity contribution in [3.8, 4) is 16.9 Å². The summed E-state index contributed by atoms with van der Waals surface area (Å²) in [5.74, 6) is 0.903. The maximum absolute atomic E-state index is 5.85. The predicted octanol–water partition coefficient (Wildman–Crippen LogP) is 4.54. The molecule has 1 aliphatic rings. The Labute approximate surface area is 136 Å². The van der Waals surface area contributed by atoms with Crippen LogP contribution in [0.2, 0.25) is 0 Å². The lowest BCUT2D eigenvalue weighted by Gasteiger charge is -2.08. The largest absolute Gasteiger partial charge is 0.489 e. The van der Waals surface area contributed by atoms with Crippen molar-refractivity contribution >= 4 is 0 Å². The summed E-state index contributed by atoms with van der Waals surface area (Å²) < 4.78 is 5.85. The first-order valence-electron chi connectivity index (χ1n) is 7.98. The Balaban J connectivity index is 1.47. The Bertz CT molecular complexity index is 794. The van der Waals surface area contributed by atoms with Gasteiger partial charge in [-0.15, -0.1) is 0 Å². The lowest BCUT2D eigenvalue weighted by atomic mass is 10.0. The molecule has 0 saturated carbocycles. The van der Waals surface area contributed by atoms with Crippen LogP contribution in [0.5, 0.6) is 5.75 Å². The van der Waals surface area contributed by atoms with Crippen LogP contribution in [0.25, 0.3) is 11.1 Å². The average Bonchev–Trinajstić information content (AvgIpc) is 3.09. The minimum absolute atomic E-state index is 0.602. The van der Waals surface area contributed by atoms with Crippen molar-refractivity contribution in [3.63, 3.8) is 0 Å². The van der Waals surface area contributed by atoms with Crippen LogP contribution in [0.4, 0.5) is 0 Å². The topological polar surface area (TPSA) is 21.3 Å². The molecule has 0 atom stereocenters. The van der Waals surface area contributed by atoms with E-state index < -0.39 is 0 Å². The molecule has 3 aromatic carbocycles. The van der Waals surface area contributed by atoms with Crippen LogP contribution < -0.4 is 10.1 Å². The first kappa shape index (κ1) is 14.0. The van der Waals surface area contributed by atoms with E-state index in [-0.39, 0.29) is 0 Å². The zero-order valence-corrected chi connectivity index (χ0v) is 13.0. The van der Waals surface area contributed by atoms with Gasteiger partial charge < -0.3 is 10.1 Å². The van der Waals surface area contributed by atoms with E-state index in [0.717, 1.165) is 18.8 Å². The van der Waals surface area contributed by atoms with Crippen molar-refractivity contribution in [2.75, 3.05) is 0 Å². The quantitative estimate of drug-likeness (QED) is 0.764. The van der Waals surface area contributed by atoms with Crippen molar-refractivity contribution < 1.29 is 4.74 Å². The second kappa shape index (κ2) is 6.27. The molecule has 0 fully saturated rings. The molecule has 0 unspecified atom stereocenters. The minimum atomic E-state index is 0.602. The molecule has 4 rings (SSSR count). The fraction of sp³-hybridized carbons (Fsp3) is 0.143. The van der Waals surface area contributed by atoms with Crippen molar-refractivity contribution in [2.45, 2.75) is 19.7 Å². The van der Waals surface area contributed by atoms with Gasteiger partial charge in [-0.05, 0) is 46.0 Å². The summed E-state index contributed by atoms with van der Waals surface area (Å²) in [6.45, 7) is 2.56. The third kappa shape index (κ3) is 3.13. The number of nitrogens with one attached hydrogen (secondary N) is 1. The molecule has 0 aliphatic carbocycles. The maximum atomic E-state index is 5.85. The minimum Gasteiger partial charge on any atom is -0.489 e. The number of hydrogen-bond donors (Lipinski definition) is 1. The lowest BCUT2D eigenvalue weighted by Crippen LogP contribution is -1.99. The van der Waals surface area contributed by atoms with Gasteiger partial charge in [-0.1, -0.05) is 54.6 Å². The van der Waals surface area contributed by atoms with E-state index in [1.807, 2.05) is 30.3 Å². The van der Waals surface area contributed by atoms with Gasteiger partial charge in [-0.25, -0.2) is 0 Å². The molecule has 0 saturated heterocycles. The van der Waals surface area contributed by atoms with Crippen LogP contribution in [-0.4, -0.2) is 0 Å². The van der Waals surface area contributed by atoms with Crippen LogP contribution >= 0.6 is 0 Å². The van der Waals surface area contributed by atoms with Crippen molar-refractivity contribution in [2.24, 2.45) is 0 Å². The highest BCUT2D eigenvalue weighted by molar-refractivity contribution is 5.66. The summed E-state index contributed by atoms with van der Waals surface area (Å²) in [7, 11) is 0. The fourth-order valence-electron chi connectivity index (χ4n) is 2.96. The highest BCUT2D eigenvalue weighted by Gasteiger charge is 2.10. The first-order valence-corrected chi connectivity index (χ1v) is 7.98. The monoisotopic (exact) mass is 301 g/mol. The molecular formula is C21H19NO. The predicted molar refractivity (Wildman–Crippen MR) is 93.2 cm³/mol. The summed E-state index contributed by atoms with van der Waals surface area (Å²) in [5, 5.41) is 3.39. The smallest absolute Gasteiger partial charge is 0.119 e. The van der Waals surface area contributed by atoms with E-state index in [2.05, 4.69) is 47.8 Å². The van der Waals surface area contributed by atoms with E-state index in [1.165, 1.54) is 27.8 Å². The van der Waals surface area contributed by atoms with Crippen molar-refractivity contribution in [1.29, 1.82) is 0 Å². The second-order valence-corrected chi connectivity index (χ2v) is 5.89. The average molecular weight is 301 g/mol. The zero-order valence-electron chi connectivity index (χ0n) is 13.0. The van der Waals surface area contributed by atoms with Gasteiger partial charge in [0.25, 0.3) is 0 Å². The second-order valence-electron chi connectivity index (χ2n) is 5.89. The number of benzene rings is 3. The molecule has 0 radical (unpaired) electrons. The standard InChI is InChI=1S/C21H19NO/c1-2-4-16(5-3-1)15-23-21-10-8-17(9-11-21)18-6-7-19-13-22-14-20(19)12-18/h1-12,22H,13-15H2. The van der Waals surface area contributed by atoms with Gasteiger partial charge in [0, 0.05) is 13.1 Å². The van der Waals surface area contributed by atoms with E-state index in [4.69, 9.17) is 4.74 Å². The highest BCUT2D eigenvalue weighted by Crippen LogP contribution is 2.26. The fourth-order valence-corrected chi connectivity index (χ4v) is 2.96. The number of rotatable bonds is 4. The first-order chi connectivity index (χ1) is 11.4. The van der Waals surface area contributed by atoms with E-state index in [1.54, 1.807) is 0 Å². The Morgan fingerprint density at radius 2 is 1.48 bits per heavy atom. The molecular weight excluding hydrogens is 282 g/mol. The van der Waals surface area contributed by atoms with E-state index in [9.17, 15) is 0 Å². The number of ether oxygens (including phenoxy) is 1. The molecule has 1 heterocycles. The molecule has 1 aliphatic heterocycles. The van der Waals surface area contributed by atoms with Gasteiger partial charge in [-0.2, -0.15) is 0 Å². The molecule has 3 aromatic rings. The Kier molecular flexibility index (Phi) is 3.83. The summed E-state index contributed by atoms with van der Waals surface area (Å²) in [5.41, 5.74) is 6.50. The zero-order chi connectivity index (χ0) is 15.5. The van der Waals surface area contributed by atoms with Crippen LogP contribution in [0.15, 0.2) is 72.8 Å². The Morgan fingerprint density at radius 1 is 0.739 bits per heavy atom. The van der Waals surface area contributed by atoms with Gasteiger partial charge in [0.1, 0.15) is 12.4 Å². The molecule has 2 nitrogen and oxygen atoms in total. The van der Waals surface area contributed by atoms with Gasteiger partial charge in [0.2, 0.25) is 0 Å². The Hall–Kier alpha value is -2.58. The molecule has 0 spiro atoms. The van der Waals surface area contributed by atoms with Crippen LogP contribution in [0.1, 0.15) is 16.7 Å². The van der Waals surface area contributed by atoms with E-state index >= 15 is 0 Å². The molecule has 114 valence electrons. The molecule has 1 N–H and O–H groups in total. The number of hydrogen-bond acceptors (Lipinski definition) is 2. The molecule has 0 bridgehead atoms. The molecule has 0 amide bonds. The van der Waals surface area contributed by atoms with Crippen LogP contribution in [0.3, 0.4) is 0 Å². The normalized spacial score (nSPS) is 12.9. The summed E-state index contributed by atoms with van der Waals surface area (Å²) in [6.07, 6.45) is 0. The highest BCUT2D eigenvalue weighted by atomic mass is 16.5. The van der Waals surface area contributed by atoms with Gasteiger partial charge in [0.15, 0.2) is 0 Å². The van der Waals surface area contributed by atoms with Crippen LogP contribution in [-0.2, 0) is 19.7 Å². The summed E-state index contributed by atoms with van der Waals surface area (Å²) in [4.78, 5) is 0. The SMILES string of the molecule is c1ccc(COc2ccc(-c3ccc4c(c3)CNC4)cc2)cc1. The summed E-state index contributed by atoms with van der Waals surface area (Å²) in [6, 6.07) is 25.3. The van der Waals surface area contributed by atoms with Gasteiger partial charge in [0.05, 0.1) is 0 Å². The number of fused-ring (bicyclic) bond motifs is 1. The molecule has 23 heavy (non-hydrogen) atoms. The maximum Gasteiger partial charge on any atom is 0.119 e. The molecule has 2 heteroatoms. The molecule has 0 aromatic heterocycles. The van der Waals surface area contributed by atoms with Crippen molar-refractivity contribution in [3.05, 3.63) is 89.5 Å². The van der Waals surface area contributed by atoms with Crippen molar-refractivity contribution in [1.82, 2.24) is 5.32 Å². The summed E-state index contributed by atoms with van der Waals surface area (Å²) >= 11 is 0. The van der Waals surface area contributed by atoms with E-state index in [0.29, 0.717) is 6.61 Å². The third-order valence-corrected chi connectivity index (χ3v) is 4.27.